The predicted octanol–water partition coefficient (Wildman–Crippen LogP) is 4.03. The lowest BCUT2D eigenvalue weighted by Crippen LogP contribution is -2.43. The Kier molecular flexibility index (Phi) is 6.14. The Hall–Kier alpha value is -2.40. The molecule has 5 heteroatoms. The van der Waals surface area contributed by atoms with E-state index in [4.69, 9.17) is 0 Å². The van der Waals surface area contributed by atoms with Gasteiger partial charge in [0.15, 0.2) is 0 Å². The molecule has 1 aromatic heterocycles. The number of carbonyl (C=O) groups is 1. The first-order valence-electron chi connectivity index (χ1n) is 10.9. The zero-order valence-corrected chi connectivity index (χ0v) is 17.7. The molecule has 4 rings (SSSR count). The van der Waals surface area contributed by atoms with Crippen molar-refractivity contribution >= 4 is 11.5 Å². The summed E-state index contributed by atoms with van der Waals surface area (Å²) in [6.45, 7) is 6.50. The van der Waals surface area contributed by atoms with Gasteiger partial charge in [0, 0.05) is 30.9 Å². The van der Waals surface area contributed by atoms with Crippen LogP contribution in [0.1, 0.15) is 55.2 Å². The molecule has 1 fully saturated rings. The highest BCUT2D eigenvalue weighted by Gasteiger charge is 2.20. The van der Waals surface area contributed by atoms with Gasteiger partial charge in [0.2, 0.25) is 5.91 Å². The summed E-state index contributed by atoms with van der Waals surface area (Å²) in [5, 5.41) is 7.79. The van der Waals surface area contributed by atoms with Gasteiger partial charge in [-0.05, 0) is 61.9 Å². The first-order valence-corrected chi connectivity index (χ1v) is 10.9. The van der Waals surface area contributed by atoms with Crippen LogP contribution in [0.5, 0.6) is 0 Å². The highest BCUT2D eigenvalue weighted by molar-refractivity contribution is 5.78. The van der Waals surface area contributed by atoms with E-state index in [9.17, 15) is 4.79 Å². The maximum atomic E-state index is 12.4. The molecule has 1 saturated carbocycles. The van der Waals surface area contributed by atoms with Crippen molar-refractivity contribution in [3.05, 3.63) is 53.4 Å². The zero-order valence-electron chi connectivity index (χ0n) is 17.7. The Bertz CT molecular complexity index is 892. The molecule has 0 spiro atoms. The second-order valence-corrected chi connectivity index (χ2v) is 8.56. The molecule has 2 aliphatic rings. The van der Waals surface area contributed by atoms with Crippen molar-refractivity contribution in [2.75, 3.05) is 19.6 Å². The summed E-state index contributed by atoms with van der Waals surface area (Å²) in [4.78, 5) is 14.6. The number of benzene rings is 1. The van der Waals surface area contributed by atoms with Crippen LogP contribution >= 0.6 is 0 Å². The maximum absolute atomic E-state index is 12.4. The average Bonchev–Trinajstić information content (AvgIpc) is 3.21. The van der Waals surface area contributed by atoms with Gasteiger partial charge in [0.25, 0.3) is 0 Å². The average molecular weight is 393 g/mol. The summed E-state index contributed by atoms with van der Waals surface area (Å²) in [5.41, 5.74) is 6.16. The van der Waals surface area contributed by atoms with E-state index in [1.54, 1.807) is 0 Å². The Morgan fingerprint density at radius 3 is 2.72 bits per heavy atom. The number of nitrogens with one attached hydrogen (secondary N) is 1. The predicted molar refractivity (Wildman–Crippen MR) is 117 cm³/mol. The van der Waals surface area contributed by atoms with Crippen LogP contribution in [-0.4, -0.2) is 46.3 Å². The van der Waals surface area contributed by atoms with Crippen LogP contribution in [0, 0.1) is 13.8 Å². The van der Waals surface area contributed by atoms with Gasteiger partial charge in [-0.15, -0.1) is 0 Å². The lowest BCUT2D eigenvalue weighted by molar-refractivity contribution is -0.123. The van der Waals surface area contributed by atoms with E-state index in [0.29, 0.717) is 12.6 Å². The molecule has 1 aliphatic heterocycles. The highest BCUT2D eigenvalue weighted by Crippen LogP contribution is 2.23. The van der Waals surface area contributed by atoms with Crippen LogP contribution in [0.3, 0.4) is 0 Å². The first-order chi connectivity index (χ1) is 14.1. The molecule has 29 heavy (non-hydrogen) atoms. The number of carbonyl (C=O) groups excluding carboxylic acids is 1. The largest absolute Gasteiger partial charge is 0.352 e. The maximum Gasteiger partial charge on any atom is 0.234 e. The Labute approximate surface area is 173 Å². The molecule has 1 amide bonds. The van der Waals surface area contributed by atoms with Crippen LogP contribution < -0.4 is 5.32 Å². The number of nitrogens with zero attached hydrogens (tertiary/aromatic N) is 3. The van der Waals surface area contributed by atoms with E-state index in [-0.39, 0.29) is 5.91 Å². The SMILES string of the molecule is Cc1ccc(-n2cc(C3=CCN(CC(=O)NC4CCCCC4)CC3)cn2)cc1C. The monoisotopic (exact) mass is 392 g/mol. The molecule has 5 nitrogen and oxygen atoms in total. The van der Waals surface area contributed by atoms with Crippen molar-refractivity contribution in [3.63, 3.8) is 0 Å². The summed E-state index contributed by atoms with van der Waals surface area (Å²) in [7, 11) is 0. The van der Waals surface area contributed by atoms with E-state index in [2.05, 4.69) is 59.6 Å². The van der Waals surface area contributed by atoms with Gasteiger partial charge in [-0.25, -0.2) is 4.68 Å². The first kappa shape index (κ1) is 19.9. The van der Waals surface area contributed by atoms with Gasteiger partial charge in [-0.1, -0.05) is 31.4 Å². The summed E-state index contributed by atoms with van der Waals surface area (Å²) >= 11 is 0. The van der Waals surface area contributed by atoms with Gasteiger partial charge in [0.1, 0.15) is 0 Å². The van der Waals surface area contributed by atoms with Crippen LogP contribution in [0.4, 0.5) is 0 Å². The smallest absolute Gasteiger partial charge is 0.234 e. The number of hydrogen-bond donors (Lipinski definition) is 1. The normalized spacial score (nSPS) is 18.5. The third kappa shape index (κ3) is 4.96. The fourth-order valence-corrected chi connectivity index (χ4v) is 4.34. The van der Waals surface area contributed by atoms with Crippen molar-refractivity contribution in [2.45, 2.75) is 58.4 Å². The number of hydrogen-bond acceptors (Lipinski definition) is 3. The molecule has 0 radical (unpaired) electrons. The highest BCUT2D eigenvalue weighted by atomic mass is 16.2. The van der Waals surface area contributed by atoms with E-state index < -0.39 is 0 Å². The number of aromatic nitrogens is 2. The van der Waals surface area contributed by atoms with Gasteiger partial charge in [-0.3, -0.25) is 9.69 Å². The van der Waals surface area contributed by atoms with Gasteiger partial charge in [0.05, 0.1) is 18.4 Å². The summed E-state index contributed by atoms with van der Waals surface area (Å²) in [5.74, 6) is 0.177. The van der Waals surface area contributed by atoms with Gasteiger partial charge < -0.3 is 5.32 Å². The third-order valence-electron chi connectivity index (χ3n) is 6.34. The molecule has 1 aliphatic carbocycles. The quantitative estimate of drug-likeness (QED) is 0.836. The number of rotatable bonds is 5. The molecule has 1 aromatic carbocycles. The zero-order chi connectivity index (χ0) is 20.2. The standard InChI is InChI=1S/C24H32N4O/c1-18-8-9-23(14-19(18)2)28-16-21(15-25-28)20-10-12-27(13-11-20)17-24(29)26-22-6-4-3-5-7-22/h8-10,14-16,22H,3-7,11-13,17H2,1-2H3,(H,26,29). The second kappa shape index (κ2) is 8.95. The molecule has 2 heterocycles. The van der Waals surface area contributed by atoms with E-state index >= 15 is 0 Å². The minimum atomic E-state index is 0.177. The van der Waals surface area contributed by atoms with Crippen molar-refractivity contribution < 1.29 is 4.79 Å². The van der Waals surface area contributed by atoms with E-state index in [0.717, 1.165) is 38.0 Å². The van der Waals surface area contributed by atoms with E-state index in [1.807, 2.05) is 10.9 Å². The fraction of sp³-hybridized carbons (Fsp3) is 0.500. The lowest BCUT2D eigenvalue weighted by Gasteiger charge is -2.27. The lowest BCUT2D eigenvalue weighted by atomic mass is 9.95. The Morgan fingerprint density at radius 2 is 2.00 bits per heavy atom. The molecule has 154 valence electrons. The van der Waals surface area contributed by atoms with Crippen LogP contribution in [-0.2, 0) is 4.79 Å². The van der Waals surface area contributed by atoms with Crippen LogP contribution in [0.15, 0.2) is 36.7 Å². The minimum absolute atomic E-state index is 0.177. The van der Waals surface area contributed by atoms with Crippen molar-refractivity contribution in [3.8, 4) is 5.69 Å². The van der Waals surface area contributed by atoms with Crippen molar-refractivity contribution in [1.29, 1.82) is 0 Å². The fourth-order valence-electron chi connectivity index (χ4n) is 4.34. The minimum Gasteiger partial charge on any atom is -0.352 e. The van der Waals surface area contributed by atoms with Crippen molar-refractivity contribution in [1.82, 2.24) is 20.0 Å². The molecule has 2 aromatic rings. The van der Waals surface area contributed by atoms with Crippen molar-refractivity contribution in [2.24, 2.45) is 0 Å². The molecule has 0 bridgehead atoms. The molecule has 1 N–H and O–H groups in total. The third-order valence-corrected chi connectivity index (χ3v) is 6.34. The molecular formula is C24H32N4O. The van der Waals surface area contributed by atoms with Crippen LogP contribution in [0.25, 0.3) is 11.3 Å². The topological polar surface area (TPSA) is 50.2 Å². The summed E-state index contributed by atoms with van der Waals surface area (Å²) < 4.78 is 1.95. The molecule has 0 atom stereocenters. The molecule has 0 saturated heterocycles. The Morgan fingerprint density at radius 1 is 1.17 bits per heavy atom. The van der Waals surface area contributed by atoms with E-state index in [1.165, 1.54) is 41.5 Å². The Balaban J connectivity index is 1.33. The number of amides is 1. The molecular weight excluding hydrogens is 360 g/mol. The summed E-state index contributed by atoms with van der Waals surface area (Å²) in [6.07, 6.45) is 13.3. The second-order valence-electron chi connectivity index (χ2n) is 8.56. The number of aryl methyl sites for hydroxylation is 2. The van der Waals surface area contributed by atoms with Gasteiger partial charge >= 0.3 is 0 Å². The van der Waals surface area contributed by atoms with Gasteiger partial charge in [-0.2, -0.15) is 5.10 Å². The molecule has 0 unspecified atom stereocenters. The summed E-state index contributed by atoms with van der Waals surface area (Å²) in [6, 6.07) is 6.82. The van der Waals surface area contributed by atoms with Crippen LogP contribution in [0.2, 0.25) is 0 Å².